The number of nitrogens with one attached hydrogen (secondary N) is 1. The van der Waals surface area contributed by atoms with Gasteiger partial charge in [0.2, 0.25) is 0 Å². The summed E-state index contributed by atoms with van der Waals surface area (Å²) in [6.45, 7) is 7.52. The first kappa shape index (κ1) is 16.2. The molecule has 2 N–H and O–H groups in total. The van der Waals surface area contributed by atoms with Crippen molar-refractivity contribution in [2.75, 3.05) is 13.2 Å². The summed E-state index contributed by atoms with van der Waals surface area (Å²) in [5.41, 5.74) is 0.898. The van der Waals surface area contributed by atoms with Crippen LogP contribution in [0.2, 0.25) is 0 Å². The molecule has 0 aliphatic carbocycles. The Balaban J connectivity index is 2.08. The zero-order chi connectivity index (χ0) is 15.5. The Kier molecular flexibility index (Phi) is 5.22. The molecule has 2 rings (SSSR count). The molecular formula is C17H26FNO2. The minimum Gasteiger partial charge on any atom is -0.493 e. The van der Waals surface area contributed by atoms with Gasteiger partial charge in [0.15, 0.2) is 0 Å². The van der Waals surface area contributed by atoms with E-state index in [0.29, 0.717) is 6.61 Å². The van der Waals surface area contributed by atoms with Gasteiger partial charge in [-0.1, -0.05) is 13.8 Å². The first-order valence-electron chi connectivity index (χ1n) is 7.71. The van der Waals surface area contributed by atoms with E-state index in [0.717, 1.165) is 37.1 Å². The van der Waals surface area contributed by atoms with Gasteiger partial charge in [0, 0.05) is 18.2 Å². The van der Waals surface area contributed by atoms with Gasteiger partial charge in [-0.15, -0.1) is 0 Å². The van der Waals surface area contributed by atoms with Crippen molar-refractivity contribution >= 4 is 0 Å². The van der Waals surface area contributed by atoms with Gasteiger partial charge in [0.1, 0.15) is 11.6 Å². The summed E-state index contributed by atoms with van der Waals surface area (Å²) in [6.07, 6.45) is 2.30. The molecule has 0 saturated carbocycles. The highest BCUT2D eigenvalue weighted by molar-refractivity contribution is 5.37. The van der Waals surface area contributed by atoms with Crippen molar-refractivity contribution < 1.29 is 14.2 Å². The molecule has 3 nitrogen and oxygen atoms in total. The minimum absolute atomic E-state index is 0.00514. The van der Waals surface area contributed by atoms with Gasteiger partial charge in [0.25, 0.3) is 0 Å². The van der Waals surface area contributed by atoms with E-state index in [1.165, 1.54) is 6.07 Å². The van der Waals surface area contributed by atoms with E-state index in [-0.39, 0.29) is 23.4 Å². The fourth-order valence-electron chi connectivity index (χ4n) is 3.03. The van der Waals surface area contributed by atoms with Crippen molar-refractivity contribution in [3.8, 4) is 5.75 Å². The van der Waals surface area contributed by atoms with E-state index in [1.54, 1.807) is 12.1 Å². The van der Waals surface area contributed by atoms with Crippen LogP contribution < -0.4 is 10.1 Å². The number of rotatable bonds is 5. The lowest BCUT2D eigenvalue weighted by Gasteiger charge is -2.29. The molecule has 1 aromatic carbocycles. The zero-order valence-electron chi connectivity index (χ0n) is 13.2. The van der Waals surface area contributed by atoms with E-state index in [9.17, 15) is 9.50 Å². The summed E-state index contributed by atoms with van der Waals surface area (Å²) < 4.78 is 19.2. The zero-order valence-corrected chi connectivity index (χ0v) is 13.2. The Bertz CT molecular complexity index is 474. The van der Waals surface area contributed by atoms with E-state index in [1.807, 2.05) is 6.92 Å². The van der Waals surface area contributed by atoms with Crippen LogP contribution in [0.5, 0.6) is 5.75 Å². The molecule has 1 aliphatic rings. The molecule has 1 heterocycles. The van der Waals surface area contributed by atoms with Crippen molar-refractivity contribution in [3.05, 3.63) is 29.6 Å². The number of hydrogen-bond acceptors (Lipinski definition) is 3. The monoisotopic (exact) mass is 295 g/mol. The highest BCUT2D eigenvalue weighted by atomic mass is 19.1. The summed E-state index contributed by atoms with van der Waals surface area (Å²) in [5.74, 6) is 0.550. The van der Waals surface area contributed by atoms with Crippen LogP contribution >= 0.6 is 0 Å². The second-order valence-electron chi connectivity index (χ2n) is 6.82. The fourth-order valence-corrected chi connectivity index (χ4v) is 3.03. The molecule has 0 radical (unpaired) electrons. The van der Waals surface area contributed by atoms with Crippen LogP contribution in [0.4, 0.5) is 4.39 Å². The van der Waals surface area contributed by atoms with Crippen molar-refractivity contribution in [1.82, 2.24) is 5.32 Å². The Labute approximate surface area is 126 Å². The number of hydrogen-bond donors (Lipinski definition) is 2. The van der Waals surface area contributed by atoms with E-state index in [2.05, 4.69) is 19.2 Å². The number of aliphatic hydroxyl groups excluding tert-OH is 1. The fraction of sp³-hybridized carbons (Fsp3) is 0.647. The number of ether oxygens (including phenoxy) is 1. The van der Waals surface area contributed by atoms with Crippen molar-refractivity contribution in [2.24, 2.45) is 5.41 Å². The second kappa shape index (κ2) is 6.75. The third kappa shape index (κ3) is 4.68. The average molecular weight is 295 g/mol. The summed E-state index contributed by atoms with van der Waals surface area (Å²) in [4.78, 5) is 0. The number of fused-ring (bicyclic) bond motifs is 1. The van der Waals surface area contributed by atoms with E-state index < -0.39 is 0 Å². The smallest absolute Gasteiger partial charge is 0.124 e. The lowest BCUT2D eigenvalue weighted by Crippen LogP contribution is -2.34. The van der Waals surface area contributed by atoms with E-state index >= 15 is 0 Å². The van der Waals surface area contributed by atoms with Crippen molar-refractivity contribution in [1.29, 1.82) is 0 Å². The van der Waals surface area contributed by atoms with E-state index in [4.69, 9.17) is 4.74 Å². The highest BCUT2D eigenvalue weighted by Gasteiger charge is 2.25. The lowest BCUT2D eigenvalue weighted by molar-refractivity contribution is 0.126. The maximum Gasteiger partial charge on any atom is 0.124 e. The molecule has 0 saturated heterocycles. The van der Waals surface area contributed by atoms with Crippen LogP contribution in [0.1, 0.15) is 51.6 Å². The van der Waals surface area contributed by atoms with Crippen molar-refractivity contribution in [3.63, 3.8) is 0 Å². The molecular weight excluding hydrogens is 269 g/mol. The molecule has 118 valence electrons. The SMILES string of the molecule is CC(O)CC(C)(C)CNC1CCCOc2ccc(F)cc21. The Morgan fingerprint density at radius 3 is 2.95 bits per heavy atom. The normalized spacial score (nSPS) is 20.3. The van der Waals surface area contributed by atoms with Crippen LogP contribution in [0.25, 0.3) is 0 Å². The predicted molar refractivity (Wildman–Crippen MR) is 82.0 cm³/mol. The maximum absolute atomic E-state index is 13.5. The van der Waals surface area contributed by atoms with Gasteiger partial charge in [0.05, 0.1) is 12.7 Å². The van der Waals surface area contributed by atoms with Crippen LogP contribution in [-0.4, -0.2) is 24.4 Å². The summed E-state index contributed by atoms with van der Waals surface area (Å²) in [6, 6.07) is 4.83. The molecule has 1 aliphatic heterocycles. The molecule has 21 heavy (non-hydrogen) atoms. The van der Waals surface area contributed by atoms with Crippen LogP contribution in [0, 0.1) is 11.2 Å². The summed E-state index contributed by atoms with van der Waals surface area (Å²) in [5, 5.41) is 13.1. The first-order valence-corrected chi connectivity index (χ1v) is 7.71. The Hall–Kier alpha value is -1.13. The predicted octanol–water partition coefficient (Wildman–Crippen LogP) is 3.43. The standard InChI is InChI=1S/C17H26FNO2/c1-12(20)10-17(2,3)11-19-15-5-4-8-21-16-7-6-13(18)9-14(15)16/h6-7,9,12,15,19-20H,4-5,8,10-11H2,1-3H3. The maximum atomic E-state index is 13.5. The summed E-state index contributed by atoms with van der Waals surface area (Å²) >= 11 is 0. The second-order valence-corrected chi connectivity index (χ2v) is 6.82. The van der Waals surface area contributed by atoms with Gasteiger partial charge in [-0.25, -0.2) is 4.39 Å². The lowest BCUT2D eigenvalue weighted by atomic mass is 9.86. The molecule has 0 fully saturated rings. The van der Waals surface area contributed by atoms with Crippen molar-refractivity contribution in [2.45, 2.75) is 52.2 Å². The Morgan fingerprint density at radius 1 is 1.48 bits per heavy atom. The first-order chi connectivity index (χ1) is 9.87. The van der Waals surface area contributed by atoms with Gasteiger partial charge in [-0.3, -0.25) is 0 Å². The quantitative estimate of drug-likeness (QED) is 0.874. The minimum atomic E-state index is -0.316. The molecule has 2 unspecified atom stereocenters. The summed E-state index contributed by atoms with van der Waals surface area (Å²) in [7, 11) is 0. The van der Waals surface area contributed by atoms with Gasteiger partial charge in [-0.05, 0) is 49.8 Å². The largest absolute Gasteiger partial charge is 0.493 e. The molecule has 0 amide bonds. The third-order valence-corrected chi connectivity index (χ3v) is 3.92. The molecule has 0 aromatic heterocycles. The molecule has 1 aromatic rings. The number of halogens is 1. The molecule has 2 atom stereocenters. The van der Waals surface area contributed by atoms with Gasteiger partial charge >= 0.3 is 0 Å². The van der Waals surface area contributed by atoms with Gasteiger partial charge < -0.3 is 15.2 Å². The third-order valence-electron chi connectivity index (χ3n) is 3.92. The Morgan fingerprint density at radius 2 is 2.24 bits per heavy atom. The highest BCUT2D eigenvalue weighted by Crippen LogP contribution is 2.33. The number of aliphatic hydroxyl groups is 1. The van der Waals surface area contributed by atoms with Crippen LogP contribution in [0.15, 0.2) is 18.2 Å². The number of benzene rings is 1. The average Bonchev–Trinajstić information content (AvgIpc) is 2.57. The van der Waals surface area contributed by atoms with Crippen LogP contribution in [0.3, 0.4) is 0 Å². The molecule has 4 heteroatoms. The topological polar surface area (TPSA) is 41.5 Å². The molecule has 0 spiro atoms. The van der Waals surface area contributed by atoms with Gasteiger partial charge in [-0.2, -0.15) is 0 Å². The molecule has 0 bridgehead atoms. The van der Waals surface area contributed by atoms with Crippen LogP contribution in [-0.2, 0) is 0 Å².